The van der Waals surface area contributed by atoms with Gasteiger partial charge in [0.2, 0.25) is 5.91 Å². The molecule has 3 aromatic rings. The van der Waals surface area contributed by atoms with Gasteiger partial charge in [0, 0.05) is 15.7 Å². The van der Waals surface area contributed by atoms with Crippen LogP contribution in [0.1, 0.15) is 17.4 Å². The maximum atomic E-state index is 12.3. The Hall–Kier alpha value is -2.27. The molecule has 2 N–H and O–H groups in total. The molecule has 0 unspecified atom stereocenters. The molecule has 0 aliphatic heterocycles. The van der Waals surface area contributed by atoms with Crippen LogP contribution in [0.15, 0.2) is 71.3 Å². The third-order valence-corrected chi connectivity index (χ3v) is 4.01. The van der Waals surface area contributed by atoms with Crippen LogP contribution in [0.3, 0.4) is 0 Å². The maximum Gasteiger partial charge on any atom is 0.238 e. The van der Waals surface area contributed by atoms with Gasteiger partial charge in [-0.1, -0.05) is 53.5 Å². The largest absolute Gasteiger partial charge is 0.467 e. The number of rotatable bonds is 6. The number of amides is 1. The first kappa shape index (κ1) is 17.5. The van der Waals surface area contributed by atoms with Crippen LogP contribution in [0.2, 0.25) is 10.0 Å². The van der Waals surface area contributed by atoms with Crippen molar-refractivity contribution in [2.24, 2.45) is 0 Å². The van der Waals surface area contributed by atoms with Crippen LogP contribution >= 0.6 is 23.2 Å². The number of nitrogens with one attached hydrogen (secondary N) is 2. The van der Waals surface area contributed by atoms with Gasteiger partial charge in [0.15, 0.2) is 0 Å². The molecule has 0 radical (unpaired) electrons. The van der Waals surface area contributed by atoms with Gasteiger partial charge < -0.3 is 9.73 Å². The average molecular weight is 375 g/mol. The van der Waals surface area contributed by atoms with Crippen LogP contribution in [0.25, 0.3) is 0 Å². The molecule has 1 heterocycles. The Balaban J connectivity index is 1.68. The topological polar surface area (TPSA) is 54.3 Å². The van der Waals surface area contributed by atoms with E-state index in [2.05, 4.69) is 10.6 Å². The van der Waals surface area contributed by atoms with Crippen LogP contribution in [0.5, 0.6) is 0 Å². The Morgan fingerprint density at radius 1 is 1.00 bits per heavy atom. The summed E-state index contributed by atoms with van der Waals surface area (Å²) in [5.74, 6) is 0.538. The first-order valence-corrected chi connectivity index (χ1v) is 8.45. The van der Waals surface area contributed by atoms with Crippen molar-refractivity contribution in [2.75, 3.05) is 11.9 Å². The second-order valence-corrected chi connectivity index (χ2v) is 6.32. The minimum Gasteiger partial charge on any atom is -0.467 e. The molecular formula is C19H16Cl2N2O2. The Labute approximate surface area is 155 Å². The van der Waals surface area contributed by atoms with Crippen molar-refractivity contribution < 1.29 is 9.21 Å². The quantitative estimate of drug-likeness (QED) is 0.644. The average Bonchev–Trinajstić information content (AvgIpc) is 3.09. The van der Waals surface area contributed by atoms with Gasteiger partial charge in [-0.2, -0.15) is 0 Å². The molecule has 0 aliphatic carbocycles. The summed E-state index contributed by atoms with van der Waals surface area (Å²) in [7, 11) is 0. The van der Waals surface area contributed by atoms with Crippen molar-refractivity contribution in [1.29, 1.82) is 0 Å². The highest BCUT2D eigenvalue weighted by atomic mass is 35.5. The van der Waals surface area contributed by atoms with E-state index in [0.717, 1.165) is 11.3 Å². The standard InChI is InChI=1S/C19H16Cl2N2O2/c20-14-9-15(21)11-16(10-14)23-18(24)12-22-19(17-7-4-8-25-17)13-5-2-1-3-6-13/h1-11,19,22H,12H2,(H,23,24)/t19-/m1/s1. The molecule has 6 heteroatoms. The molecule has 2 aromatic carbocycles. The molecule has 0 spiro atoms. The second kappa shape index (κ2) is 8.21. The van der Waals surface area contributed by atoms with E-state index in [1.54, 1.807) is 24.5 Å². The fourth-order valence-electron chi connectivity index (χ4n) is 2.51. The number of halogens is 2. The third kappa shape index (κ3) is 4.86. The second-order valence-electron chi connectivity index (χ2n) is 5.45. The predicted molar refractivity (Wildman–Crippen MR) is 100 cm³/mol. The minimum atomic E-state index is -0.218. The number of hydrogen-bond donors (Lipinski definition) is 2. The number of hydrogen-bond acceptors (Lipinski definition) is 3. The molecule has 25 heavy (non-hydrogen) atoms. The highest BCUT2D eigenvalue weighted by Crippen LogP contribution is 2.23. The van der Waals surface area contributed by atoms with Gasteiger partial charge in [0.05, 0.1) is 18.8 Å². The van der Waals surface area contributed by atoms with E-state index in [1.807, 2.05) is 42.5 Å². The van der Waals surface area contributed by atoms with Crippen LogP contribution in [0, 0.1) is 0 Å². The van der Waals surface area contributed by atoms with Crippen molar-refractivity contribution in [1.82, 2.24) is 5.32 Å². The molecule has 0 fully saturated rings. The minimum absolute atomic E-state index is 0.102. The zero-order chi connectivity index (χ0) is 17.6. The summed E-state index contributed by atoms with van der Waals surface area (Å²) in [6.07, 6.45) is 1.61. The first-order valence-electron chi connectivity index (χ1n) is 7.69. The Bertz CT molecular complexity index is 816. The van der Waals surface area contributed by atoms with E-state index >= 15 is 0 Å². The summed E-state index contributed by atoms with van der Waals surface area (Å²) < 4.78 is 5.50. The van der Waals surface area contributed by atoms with Crippen molar-refractivity contribution in [3.05, 3.63) is 88.3 Å². The maximum absolute atomic E-state index is 12.3. The van der Waals surface area contributed by atoms with E-state index in [-0.39, 0.29) is 18.5 Å². The lowest BCUT2D eigenvalue weighted by molar-refractivity contribution is -0.115. The number of carbonyl (C=O) groups is 1. The molecule has 0 aliphatic rings. The molecule has 0 saturated carbocycles. The lowest BCUT2D eigenvalue weighted by Gasteiger charge is -2.17. The normalized spacial score (nSPS) is 11.9. The van der Waals surface area contributed by atoms with E-state index in [4.69, 9.17) is 27.6 Å². The monoisotopic (exact) mass is 374 g/mol. The fourth-order valence-corrected chi connectivity index (χ4v) is 3.04. The molecule has 0 saturated heterocycles. The SMILES string of the molecule is O=C(CN[C@H](c1ccccc1)c1ccco1)Nc1cc(Cl)cc(Cl)c1. The summed E-state index contributed by atoms with van der Waals surface area (Å²) in [5, 5.41) is 6.92. The van der Waals surface area contributed by atoms with Gasteiger partial charge in [-0.15, -0.1) is 0 Å². The zero-order valence-corrected chi connectivity index (χ0v) is 14.7. The summed E-state index contributed by atoms with van der Waals surface area (Å²) in [6.45, 7) is 0.102. The molecule has 1 atom stereocenters. The smallest absolute Gasteiger partial charge is 0.238 e. The van der Waals surface area contributed by atoms with Crippen molar-refractivity contribution >= 4 is 34.8 Å². The van der Waals surface area contributed by atoms with Crippen LogP contribution in [-0.4, -0.2) is 12.5 Å². The zero-order valence-electron chi connectivity index (χ0n) is 13.2. The summed E-state index contributed by atoms with van der Waals surface area (Å²) >= 11 is 11.9. The molecule has 1 aromatic heterocycles. The molecule has 4 nitrogen and oxygen atoms in total. The Kier molecular flexibility index (Phi) is 5.76. The lowest BCUT2D eigenvalue weighted by Crippen LogP contribution is -2.31. The van der Waals surface area contributed by atoms with Crippen molar-refractivity contribution in [3.63, 3.8) is 0 Å². The molecule has 0 bridgehead atoms. The summed E-state index contributed by atoms with van der Waals surface area (Å²) in [5.41, 5.74) is 1.56. The van der Waals surface area contributed by atoms with E-state index in [1.165, 1.54) is 0 Å². The Morgan fingerprint density at radius 2 is 1.72 bits per heavy atom. The van der Waals surface area contributed by atoms with E-state index < -0.39 is 0 Å². The van der Waals surface area contributed by atoms with E-state index in [9.17, 15) is 4.79 Å². The van der Waals surface area contributed by atoms with E-state index in [0.29, 0.717) is 15.7 Å². The molecule has 128 valence electrons. The summed E-state index contributed by atoms with van der Waals surface area (Å²) in [4.78, 5) is 12.3. The van der Waals surface area contributed by atoms with Gasteiger partial charge in [0.1, 0.15) is 5.76 Å². The third-order valence-electron chi connectivity index (χ3n) is 3.57. The molecule has 1 amide bonds. The highest BCUT2D eigenvalue weighted by Gasteiger charge is 2.17. The van der Waals surface area contributed by atoms with Crippen LogP contribution in [-0.2, 0) is 4.79 Å². The Morgan fingerprint density at radius 3 is 2.36 bits per heavy atom. The molecular weight excluding hydrogens is 359 g/mol. The van der Waals surface area contributed by atoms with Gasteiger partial charge in [-0.05, 0) is 35.9 Å². The van der Waals surface area contributed by atoms with Gasteiger partial charge in [-0.3, -0.25) is 10.1 Å². The number of benzene rings is 2. The van der Waals surface area contributed by atoms with Gasteiger partial charge in [-0.25, -0.2) is 0 Å². The van der Waals surface area contributed by atoms with Gasteiger partial charge >= 0.3 is 0 Å². The lowest BCUT2D eigenvalue weighted by atomic mass is 10.0. The number of furan rings is 1. The van der Waals surface area contributed by atoms with Gasteiger partial charge in [0.25, 0.3) is 0 Å². The summed E-state index contributed by atoms with van der Waals surface area (Å²) in [6, 6.07) is 18.2. The van der Waals surface area contributed by atoms with Crippen LogP contribution < -0.4 is 10.6 Å². The fraction of sp³-hybridized carbons (Fsp3) is 0.105. The van der Waals surface area contributed by atoms with Crippen LogP contribution in [0.4, 0.5) is 5.69 Å². The van der Waals surface area contributed by atoms with Crippen molar-refractivity contribution in [2.45, 2.75) is 6.04 Å². The van der Waals surface area contributed by atoms with Crippen molar-refractivity contribution in [3.8, 4) is 0 Å². The first-order chi connectivity index (χ1) is 12.1. The predicted octanol–water partition coefficient (Wildman–Crippen LogP) is 4.90. The molecule has 3 rings (SSSR count). The number of anilines is 1. The number of carbonyl (C=O) groups excluding carboxylic acids is 1. The highest BCUT2D eigenvalue weighted by molar-refractivity contribution is 6.35.